The van der Waals surface area contributed by atoms with E-state index in [-0.39, 0.29) is 6.61 Å². The average Bonchev–Trinajstić information content (AvgIpc) is 2.46. The predicted octanol–water partition coefficient (Wildman–Crippen LogP) is 1.56. The number of nitriles is 1. The van der Waals surface area contributed by atoms with Crippen molar-refractivity contribution in [2.75, 3.05) is 18.5 Å². The molecule has 18 heavy (non-hydrogen) atoms. The van der Waals surface area contributed by atoms with Gasteiger partial charge in [0.15, 0.2) is 5.69 Å². The van der Waals surface area contributed by atoms with Gasteiger partial charge in [-0.3, -0.25) is 0 Å². The highest BCUT2D eigenvalue weighted by Crippen LogP contribution is 2.29. The van der Waals surface area contributed by atoms with E-state index in [4.69, 9.17) is 5.26 Å². The van der Waals surface area contributed by atoms with Gasteiger partial charge in [-0.15, -0.1) is 0 Å². The minimum atomic E-state index is 0.269. The van der Waals surface area contributed by atoms with Gasteiger partial charge in [0.2, 0.25) is 0 Å². The molecule has 5 nitrogen and oxygen atoms in total. The molecule has 0 aromatic carbocycles. The van der Waals surface area contributed by atoms with Crippen molar-refractivity contribution in [1.82, 2.24) is 9.97 Å². The molecule has 2 unspecified atom stereocenters. The van der Waals surface area contributed by atoms with Crippen molar-refractivity contribution in [3.8, 4) is 6.07 Å². The van der Waals surface area contributed by atoms with E-state index < -0.39 is 0 Å². The van der Waals surface area contributed by atoms with E-state index in [1.54, 1.807) is 6.20 Å². The van der Waals surface area contributed by atoms with Crippen LogP contribution < -0.4 is 5.32 Å². The third-order valence-electron chi connectivity index (χ3n) is 3.61. The number of anilines is 1. The van der Waals surface area contributed by atoms with Crippen molar-refractivity contribution in [3.05, 3.63) is 18.1 Å². The van der Waals surface area contributed by atoms with Crippen molar-refractivity contribution in [2.45, 2.75) is 25.7 Å². The molecule has 0 spiro atoms. The van der Waals surface area contributed by atoms with Gasteiger partial charge in [-0.25, -0.2) is 9.97 Å². The Hall–Kier alpha value is -1.67. The minimum Gasteiger partial charge on any atom is -0.396 e. The van der Waals surface area contributed by atoms with Gasteiger partial charge in [-0.1, -0.05) is 12.8 Å². The minimum absolute atomic E-state index is 0.269. The lowest BCUT2D eigenvalue weighted by molar-refractivity contribution is 0.141. The van der Waals surface area contributed by atoms with Crippen LogP contribution in [0.15, 0.2) is 12.4 Å². The van der Waals surface area contributed by atoms with Gasteiger partial charge in [0.05, 0.1) is 12.4 Å². The van der Waals surface area contributed by atoms with Crippen LogP contribution in [0, 0.1) is 23.2 Å². The maximum Gasteiger partial charge on any atom is 0.158 e. The van der Waals surface area contributed by atoms with Crippen LogP contribution in [0.4, 0.5) is 5.82 Å². The summed E-state index contributed by atoms with van der Waals surface area (Å²) in [7, 11) is 0. The smallest absolute Gasteiger partial charge is 0.158 e. The molecule has 2 rings (SSSR count). The first-order valence-electron chi connectivity index (χ1n) is 6.40. The molecule has 2 atom stereocenters. The molecule has 0 amide bonds. The summed E-state index contributed by atoms with van der Waals surface area (Å²) in [6.07, 6.45) is 7.77. The standard InChI is InChI=1S/C13H18N4O/c14-5-12-7-17-13(8-15-12)16-6-10-3-1-2-4-11(10)9-18/h7-8,10-11,18H,1-4,6,9H2,(H,16,17). The number of aliphatic hydroxyl groups excluding tert-OH is 1. The highest BCUT2D eigenvalue weighted by Gasteiger charge is 2.24. The number of aliphatic hydroxyl groups is 1. The van der Waals surface area contributed by atoms with E-state index in [1.807, 2.05) is 6.07 Å². The molecule has 0 bridgehead atoms. The Bertz CT molecular complexity index is 412. The molecule has 1 saturated carbocycles. The Balaban J connectivity index is 1.87. The van der Waals surface area contributed by atoms with Crippen molar-refractivity contribution in [2.24, 2.45) is 11.8 Å². The second-order valence-electron chi connectivity index (χ2n) is 4.77. The first-order valence-corrected chi connectivity index (χ1v) is 6.40. The molecule has 0 radical (unpaired) electrons. The van der Waals surface area contributed by atoms with Gasteiger partial charge in [0.25, 0.3) is 0 Å². The van der Waals surface area contributed by atoms with Crippen molar-refractivity contribution in [3.63, 3.8) is 0 Å². The summed E-state index contributed by atoms with van der Waals surface area (Å²) in [6.45, 7) is 1.08. The van der Waals surface area contributed by atoms with E-state index in [9.17, 15) is 5.11 Å². The lowest BCUT2D eigenvalue weighted by Crippen LogP contribution is -2.28. The lowest BCUT2D eigenvalue weighted by atomic mass is 9.79. The Morgan fingerprint density at radius 1 is 1.28 bits per heavy atom. The molecule has 1 fully saturated rings. The molecular weight excluding hydrogens is 228 g/mol. The molecule has 0 aliphatic heterocycles. The fourth-order valence-electron chi connectivity index (χ4n) is 2.51. The molecule has 1 aromatic heterocycles. The van der Waals surface area contributed by atoms with Crippen LogP contribution in [0.3, 0.4) is 0 Å². The monoisotopic (exact) mass is 246 g/mol. The molecule has 0 saturated heterocycles. The van der Waals surface area contributed by atoms with Gasteiger partial charge < -0.3 is 10.4 Å². The molecule has 1 aliphatic carbocycles. The molecular formula is C13H18N4O. The van der Waals surface area contributed by atoms with Crippen LogP contribution >= 0.6 is 0 Å². The molecule has 1 aliphatic rings. The summed E-state index contributed by atoms with van der Waals surface area (Å²) in [5, 5.41) is 21.2. The zero-order valence-corrected chi connectivity index (χ0v) is 10.3. The second kappa shape index (κ2) is 6.31. The predicted molar refractivity (Wildman–Crippen MR) is 67.8 cm³/mol. The van der Waals surface area contributed by atoms with Crippen molar-refractivity contribution in [1.29, 1.82) is 5.26 Å². The quantitative estimate of drug-likeness (QED) is 0.842. The lowest BCUT2D eigenvalue weighted by Gasteiger charge is -2.30. The van der Waals surface area contributed by atoms with Gasteiger partial charge in [0.1, 0.15) is 11.9 Å². The zero-order chi connectivity index (χ0) is 12.8. The third kappa shape index (κ3) is 3.17. The number of hydrogen-bond donors (Lipinski definition) is 2. The topological polar surface area (TPSA) is 81.8 Å². The maximum atomic E-state index is 9.34. The van der Waals surface area contributed by atoms with Crippen LogP contribution in [-0.2, 0) is 0 Å². The van der Waals surface area contributed by atoms with Crippen LogP contribution in [0.1, 0.15) is 31.4 Å². The fourth-order valence-corrected chi connectivity index (χ4v) is 2.51. The normalized spacial score (nSPS) is 23.3. The summed E-state index contributed by atoms with van der Waals surface area (Å²) < 4.78 is 0. The van der Waals surface area contributed by atoms with Gasteiger partial charge >= 0.3 is 0 Å². The molecule has 1 heterocycles. The van der Waals surface area contributed by atoms with E-state index in [0.717, 1.165) is 19.4 Å². The van der Waals surface area contributed by atoms with Gasteiger partial charge in [0, 0.05) is 13.2 Å². The summed E-state index contributed by atoms with van der Waals surface area (Å²) in [5.74, 6) is 1.59. The Morgan fingerprint density at radius 3 is 2.67 bits per heavy atom. The average molecular weight is 246 g/mol. The Kier molecular flexibility index (Phi) is 4.48. The number of aromatic nitrogens is 2. The molecule has 1 aromatic rings. The summed E-state index contributed by atoms with van der Waals surface area (Å²) in [6, 6.07) is 1.94. The second-order valence-corrected chi connectivity index (χ2v) is 4.77. The van der Waals surface area contributed by atoms with Crippen LogP contribution in [0.25, 0.3) is 0 Å². The Labute approximate surface area is 107 Å². The highest BCUT2D eigenvalue weighted by molar-refractivity contribution is 5.33. The summed E-state index contributed by atoms with van der Waals surface area (Å²) in [5.41, 5.74) is 0.325. The number of hydrogen-bond acceptors (Lipinski definition) is 5. The first kappa shape index (κ1) is 12.8. The first-order chi connectivity index (χ1) is 8.83. The summed E-state index contributed by atoms with van der Waals surface area (Å²) >= 11 is 0. The maximum absolute atomic E-state index is 9.34. The molecule has 96 valence electrons. The van der Waals surface area contributed by atoms with E-state index >= 15 is 0 Å². The SMILES string of the molecule is N#Cc1cnc(NCC2CCCCC2CO)cn1. The number of nitrogens with one attached hydrogen (secondary N) is 1. The number of nitrogens with zero attached hydrogens (tertiary/aromatic N) is 3. The van der Waals surface area contributed by atoms with Crippen LogP contribution in [0.5, 0.6) is 0 Å². The molecule has 5 heteroatoms. The highest BCUT2D eigenvalue weighted by atomic mass is 16.3. The third-order valence-corrected chi connectivity index (χ3v) is 3.61. The van der Waals surface area contributed by atoms with Crippen LogP contribution in [-0.4, -0.2) is 28.2 Å². The van der Waals surface area contributed by atoms with E-state index in [2.05, 4.69) is 15.3 Å². The largest absolute Gasteiger partial charge is 0.396 e. The fraction of sp³-hybridized carbons (Fsp3) is 0.615. The molecule has 2 N–H and O–H groups in total. The van der Waals surface area contributed by atoms with E-state index in [0.29, 0.717) is 23.3 Å². The van der Waals surface area contributed by atoms with Crippen molar-refractivity contribution < 1.29 is 5.11 Å². The van der Waals surface area contributed by atoms with Gasteiger partial charge in [-0.05, 0) is 24.7 Å². The zero-order valence-electron chi connectivity index (χ0n) is 10.3. The van der Waals surface area contributed by atoms with Gasteiger partial charge in [-0.2, -0.15) is 5.26 Å². The van der Waals surface area contributed by atoms with Crippen molar-refractivity contribution >= 4 is 5.82 Å². The summed E-state index contributed by atoms with van der Waals surface area (Å²) in [4.78, 5) is 8.09. The van der Waals surface area contributed by atoms with Crippen LogP contribution in [0.2, 0.25) is 0 Å². The van der Waals surface area contributed by atoms with E-state index in [1.165, 1.54) is 19.0 Å². The Morgan fingerprint density at radius 2 is 2.06 bits per heavy atom. The number of rotatable bonds is 4.